The van der Waals surface area contributed by atoms with E-state index in [0.717, 1.165) is 10.0 Å². The number of ether oxygens (including phenoxy) is 2. The monoisotopic (exact) mass is 493 g/mol. The summed E-state index contributed by atoms with van der Waals surface area (Å²) >= 11 is 3.43. The van der Waals surface area contributed by atoms with Crippen molar-refractivity contribution in [2.75, 3.05) is 6.61 Å². The largest absolute Gasteiger partial charge is 0.483 e. The fraction of sp³-hybridized carbons (Fsp3) is 0.333. The molecule has 0 aliphatic rings. The Morgan fingerprint density at radius 1 is 1.13 bits per heavy atom. The van der Waals surface area contributed by atoms with Gasteiger partial charge in [0.1, 0.15) is 11.5 Å². The predicted molar refractivity (Wildman–Crippen MR) is 118 cm³/mol. The van der Waals surface area contributed by atoms with Crippen molar-refractivity contribution in [2.45, 2.75) is 39.2 Å². The summed E-state index contributed by atoms with van der Waals surface area (Å²) in [6.45, 7) is 7.46. The van der Waals surface area contributed by atoms with Gasteiger partial charge in [0.15, 0.2) is 12.7 Å². The summed E-state index contributed by atoms with van der Waals surface area (Å²) in [5.74, 6) is -0.360. The standard InChI is InChI=1S/C21H24BrN3O6/c1-13(31-16-8-6-15(7-9-16)25(28)29)20(27)24-23-19(26)12-30-18-10-5-14(11-17(18)22)21(2,3)4/h5-11,13H,12H2,1-4H3,(H,23,26)(H,24,27). The molecule has 0 aromatic heterocycles. The number of nitro benzene ring substituents is 1. The van der Waals surface area contributed by atoms with E-state index in [1.54, 1.807) is 6.07 Å². The van der Waals surface area contributed by atoms with Crippen LogP contribution < -0.4 is 20.3 Å². The maximum Gasteiger partial charge on any atom is 0.279 e. The number of amides is 2. The normalized spacial score (nSPS) is 11.9. The number of hydrogen-bond donors (Lipinski definition) is 2. The minimum absolute atomic E-state index is 0.0179. The van der Waals surface area contributed by atoms with Gasteiger partial charge in [-0.05, 0) is 58.1 Å². The topological polar surface area (TPSA) is 120 Å². The number of hydrogen-bond acceptors (Lipinski definition) is 6. The maximum atomic E-state index is 12.1. The van der Waals surface area contributed by atoms with E-state index in [4.69, 9.17) is 9.47 Å². The van der Waals surface area contributed by atoms with E-state index < -0.39 is 22.8 Å². The van der Waals surface area contributed by atoms with Crippen LogP contribution in [0.3, 0.4) is 0 Å². The fourth-order valence-electron chi connectivity index (χ4n) is 2.40. The lowest BCUT2D eigenvalue weighted by Gasteiger charge is -2.20. The summed E-state index contributed by atoms with van der Waals surface area (Å²) in [7, 11) is 0. The average molecular weight is 494 g/mol. The molecule has 0 saturated heterocycles. The first-order valence-electron chi connectivity index (χ1n) is 9.40. The average Bonchev–Trinajstić information content (AvgIpc) is 2.70. The first-order valence-corrected chi connectivity index (χ1v) is 10.2. The van der Waals surface area contributed by atoms with Crippen molar-refractivity contribution in [1.29, 1.82) is 0 Å². The Kier molecular flexibility index (Phi) is 7.98. The van der Waals surface area contributed by atoms with Gasteiger partial charge in [0.2, 0.25) is 0 Å². The molecule has 1 unspecified atom stereocenters. The van der Waals surface area contributed by atoms with E-state index in [-0.39, 0.29) is 23.5 Å². The molecule has 0 fully saturated rings. The second-order valence-electron chi connectivity index (χ2n) is 7.73. The Balaban J connectivity index is 1.80. The summed E-state index contributed by atoms with van der Waals surface area (Å²) in [5.41, 5.74) is 5.51. The number of nitrogens with zero attached hydrogens (tertiary/aromatic N) is 1. The Bertz CT molecular complexity index is 957. The zero-order valence-corrected chi connectivity index (χ0v) is 19.2. The number of carbonyl (C=O) groups is 2. The van der Waals surface area contributed by atoms with Crippen LogP contribution in [-0.2, 0) is 15.0 Å². The molecule has 2 aromatic rings. The van der Waals surface area contributed by atoms with Gasteiger partial charge in [0.05, 0.1) is 9.40 Å². The van der Waals surface area contributed by atoms with Gasteiger partial charge in [0, 0.05) is 12.1 Å². The SMILES string of the molecule is CC(Oc1ccc([N+](=O)[O-])cc1)C(=O)NNC(=O)COc1ccc(C(C)(C)C)cc1Br. The van der Waals surface area contributed by atoms with Gasteiger partial charge < -0.3 is 9.47 Å². The van der Waals surface area contributed by atoms with Gasteiger partial charge in [0.25, 0.3) is 17.5 Å². The zero-order valence-electron chi connectivity index (χ0n) is 17.6. The minimum Gasteiger partial charge on any atom is -0.483 e. The molecule has 2 aromatic carbocycles. The van der Waals surface area contributed by atoms with Crippen molar-refractivity contribution in [3.05, 3.63) is 62.6 Å². The van der Waals surface area contributed by atoms with Crippen LogP contribution in [0.4, 0.5) is 5.69 Å². The quantitative estimate of drug-likeness (QED) is 0.448. The van der Waals surface area contributed by atoms with E-state index in [0.29, 0.717) is 5.75 Å². The van der Waals surface area contributed by atoms with Gasteiger partial charge in [-0.1, -0.05) is 26.8 Å². The molecule has 1 atom stereocenters. The molecule has 0 heterocycles. The van der Waals surface area contributed by atoms with Crippen molar-refractivity contribution in [3.8, 4) is 11.5 Å². The van der Waals surface area contributed by atoms with Crippen LogP contribution in [-0.4, -0.2) is 29.4 Å². The molecule has 2 N–H and O–H groups in total. The van der Waals surface area contributed by atoms with Gasteiger partial charge in [-0.15, -0.1) is 0 Å². The summed E-state index contributed by atoms with van der Waals surface area (Å²) in [4.78, 5) is 34.2. The first-order chi connectivity index (χ1) is 14.5. The van der Waals surface area contributed by atoms with Crippen LogP contribution >= 0.6 is 15.9 Å². The second kappa shape index (κ2) is 10.3. The Hall–Kier alpha value is -3.14. The number of rotatable bonds is 7. The van der Waals surface area contributed by atoms with Gasteiger partial charge in [-0.3, -0.25) is 30.6 Å². The van der Waals surface area contributed by atoms with Gasteiger partial charge >= 0.3 is 0 Å². The highest BCUT2D eigenvalue weighted by Crippen LogP contribution is 2.31. The van der Waals surface area contributed by atoms with Crippen LogP contribution in [0.15, 0.2) is 46.9 Å². The van der Waals surface area contributed by atoms with E-state index in [1.807, 2.05) is 12.1 Å². The van der Waals surface area contributed by atoms with Gasteiger partial charge in [-0.25, -0.2) is 0 Å². The third-order valence-corrected chi connectivity index (χ3v) is 4.83. The molecule has 31 heavy (non-hydrogen) atoms. The van der Waals surface area contributed by atoms with Crippen molar-refractivity contribution in [3.63, 3.8) is 0 Å². The van der Waals surface area contributed by atoms with Crippen LogP contribution in [0.2, 0.25) is 0 Å². The lowest BCUT2D eigenvalue weighted by atomic mass is 9.87. The molecule has 9 nitrogen and oxygen atoms in total. The summed E-state index contributed by atoms with van der Waals surface area (Å²) in [5, 5.41) is 10.7. The van der Waals surface area contributed by atoms with Crippen molar-refractivity contribution in [2.24, 2.45) is 0 Å². The van der Waals surface area contributed by atoms with Crippen LogP contribution in [0.1, 0.15) is 33.3 Å². The minimum atomic E-state index is -0.943. The number of non-ortho nitro benzene ring substituents is 1. The Morgan fingerprint density at radius 3 is 2.32 bits per heavy atom. The number of carbonyl (C=O) groups excluding carboxylic acids is 2. The molecule has 2 amide bonds. The fourth-order valence-corrected chi connectivity index (χ4v) is 2.89. The number of benzene rings is 2. The molecule has 0 aliphatic heterocycles. The molecule has 0 bridgehead atoms. The first kappa shape index (κ1) is 24.1. The second-order valence-corrected chi connectivity index (χ2v) is 8.59. The van der Waals surface area contributed by atoms with E-state index in [1.165, 1.54) is 31.2 Å². The van der Waals surface area contributed by atoms with E-state index >= 15 is 0 Å². The molecule has 0 aliphatic carbocycles. The molecular weight excluding hydrogens is 470 g/mol. The summed E-state index contributed by atoms with van der Waals surface area (Å²) in [6.07, 6.45) is -0.943. The van der Waals surface area contributed by atoms with E-state index in [2.05, 4.69) is 47.6 Å². The molecule has 2 rings (SSSR count). The number of hydrazine groups is 1. The van der Waals surface area contributed by atoms with Crippen molar-refractivity contribution >= 4 is 33.4 Å². The summed E-state index contributed by atoms with van der Waals surface area (Å²) in [6, 6.07) is 10.9. The molecule has 0 saturated carbocycles. The predicted octanol–water partition coefficient (Wildman–Crippen LogP) is 3.65. The van der Waals surface area contributed by atoms with Crippen LogP contribution in [0.25, 0.3) is 0 Å². The molecular formula is C21H24BrN3O6. The van der Waals surface area contributed by atoms with Crippen LogP contribution in [0, 0.1) is 10.1 Å². The number of nitrogens with one attached hydrogen (secondary N) is 2. The summed E-state index contributed by atoms with van der Waals surface area (Å²) < 4.78 is 11.6. The third-order valence-electron chi connectivity index (χ3n) is 4.21. The Labute approximate surface area is 188 Å². The Morgan fingerprint density at radius 2 is 1.77 bits per heavy atom. The molecule has 10 heteroatoms. The highest BCUT2D eigenvalue weighted by Gasteiger charge is 2.18. The van der Waals surface area contributed by atoms with Crippen LogP contribution in [0.5, 0.6) is 11.5 Å². The highest BCUT2D eigenvalue weighted by molar-refractivity contribution is 9.10. The number of halogens is 1. The van der Waals surface area contributed by atoms with Crippen molar-refractivity contribution in [1.82, 2.24) is 10.9 Å². The maximum absolute atomic E-state index is 12.1. The molecule has 0 spiro atoms. The third kappa shape index (κ3) is 7.25. The molecule has 166 valence electrons. The van der Waals surface area contributed by atoms with Gasteiger partial charge in [-0.2, -0.15) is 0 Å². The molecule has 0 radical (unpaired) electrons. The smallest absolute Gasteiger partial charge is 0.279 e. The lowest BCUT2D eigenvalue weighted by molar-refractivity contribution is -0.384. The highest BCUT2D eigenvalue weighted by atomic mass is 79.9. The lowest BCUT2D eigenvalue weighted by Crippen LogP contribution is -2.48. The zero-order chi connectivity index (χ0) is 23.2. The van der Waals surface area contributed by atoms with Crippen molar-refractivity contribution < 1.29 is 24.0 Å². The van der Waals surface area contributed by atoms with E-state index in [9.17, 15) is 19.7 Å². The number of nitro groups is 1.